The van der Waals surface area contributed by atoms with Crippen molar-refractivity contribution in [1.82, 2.24) is 5.32 Å². The molecule has 1 unspecified atom stereocenters. The molecule has 1 fully saturated rings. The molecule has 1 aliphatic rings. The van der Waals surface area contributed by atoms with Gasteiger partial charge in [-0.05, 0) is 45.4 Å². The minimum Gasteiger partial charge on any atom is -0.466 e. The van der Waals surface area contributed by atoms with E-state index >= 15 is 0 Å². The van der Waals surface area contributed by atoms with Gasteiger partial charge in [-0.1, -0.05) is 12.1 Å². The molecule has 1 heterocycles. The Balaban J connectivity index is 2.49. The number of hydrogen-bond acceptors (Lipinski definition) is 5. The highest BCUT2D eigenvalue weighted by molar-refractivity contribution is 5.80. The van der Waals surface area contributed by atoms with Gasteiger partial charge in [-0.15, -0.1) is 0 Å². The molecule has 1 aliphatic heterocycles. The lowest BCUT2D eigenvalue weighted by atomic mass is 9.68. The summed E-state index contributed by atoms with van der Waals surface area (Å²) in [6.07, 6.45) is 0. The minimum atomic E-state index is -0.559. The molecule has 6 heteroatoms. The van der Waals surface area contributed by atoms with Crippen molar-refractivity contribution in [3.05, 3.63) is 35.6 Å². The van der Waals surface area contributed by atoms with Gasteiger partial charge in [0.05, 0.1) is 25.0 Å². The van der Waals surface area contributed by atoms with Gasteiger partial charge < -0.3 is 14.8 Å². The number of carbonyl (C=O) groups excluding carboxylic acids is 2. The van der Waals surface area contributed by atoms with Gasteiger partial charge in [0, 0.05) is 18.0 Å². The van der Waals surface area contributed by atoms with Gasteiger partial charge >= 0.3 is 11.9 Å². The Labute approximate surface area is 147 Å². The van der Waals surface area contributed by atoms with E-state index < -0.39 is 17.8 Å². The van der Waals surface area contributed by atoms with Crippen molar-refractivity contribution in [3.8, 4) is 0 Å². The maximum Gasteiger partial charge on any atom is 0.311 e. The predicted octanol–water partition coefficient (Wildman–Crippen LogP) is 2.65. The molecule has 0 aliphatic carbocycles. The van der Waals surface area contributed by atoms with E-state index in [0.29, 0.717) is 0 Å². The quantitative estimate of drug-likeness (QED) is 0.826. The van der Waals surface area contributed by atoms with Crippen LogP contribution in [0.2, 0.25) is 0 Å². The van der Waals surface area contributed by atoms with Crippen molar-refractivity contribution in [2.45, 2.75) is 45.7 Å². The molecule has 0 aromatic heterocycles. The predicted molar refractivity (Wildman–Crippen MR) is 91.4 cm³/mol. The highest BCUT2D eigenvalue weighted by Crippen LogP contribution is 2.41. The summed E-state index contributed by atoms with van der Waals surface area (Å²) in [7, 11) is 0. The van der Waals surface area contributed by atoms with Gasteiger partial charge in [0.1, 0.15) is 5.82 Å². The van der Waals surface area contributed by atoms with Crippen LogP contribution in [0.5, 0.6) is 0 Å². The number of hydrogen-bond donors (Lipinski definition) is 1. The van der Waals surface area contributed by atoms with E-state index in [9.17, 15) is 14.0 Å². The molecule has 1 saturated heterocycles. The third-order valence-corrected chi connectivity index (χ3v) is 4.75. The first-order valence-electron chi connectivity index (χ1n) is 8.75. The van der Waals surface area contributed by atoms with Gasteiger partial charge in [0.15, 0.2) is 0 Å². The van der Waals surface area contributed by atoms with Crippen molar-refractivity contribution in [3.63, 3.8) is 0 Å². The molecule has 0 amide bonds. The van der Waals surface area contributed by atoms with Gasteiger partial charge in [-0.2, -0.15) is 0 Å². The average Bonchev–Trinajstić information content (AvgIpc) is 2.55. The highest BCUT2D eigenvalue weighted by Gasteiger charge is 2.49. The second kappa shape index (κ2) is 8.43. The molecule has 1 N–H and O–H groups in total. The first kappa shape index (κ1) is 19.4. The number of esters is 2. The molecule has 0 spiro atoms. The van der Waals surface area contributed by atoms with Crippen molar-refractivity contribution >= 4 is 11.9 Å². The Bertz CT molecular complexity index is 574. The number of halogens is 1. The summed E-state index contributed by atoms with van der Waals surface area (Å²) >= 11 is 0. The summed E-state index contributed by atoms with van der Waals surface area (Å²) < 4.78 is 23.9. The van der Waals surface area contributed by atoms with E-state index in [1.165, 1.54) is 12.1 Å². The van der Waals surface area contributed by atoms with Crippen molar-refractivity contribution in [1.29, 1.82) is 0 Å². The van der Waals surface area contributed by atoms with Crippen LogP contribution in [0.15, 0.2) is 24.3 Å². The second-order valence-corrected chi connectivity index (χ2v) is 6.38. The van der Waals surface area contributed by atoms with Crippen LogP contribution in [0.1, 0.15) is 39.2 Å². The standard InChI is InChI=1S/C19H26FNO4/c1-5-24-18(22)15-11(3)21-12(4)16(19(23)25-6-2)17(15)13-7-9-14(20)10-8-13/h7-12,15-17,21H,5-6H2,1-4H3/t11-,12-,15-,16+,17?/m1/s1. The largest absolute Gasteiger partial charge is 0.466 e. The van der Waals surface area contributed by atoms with Crippen molar-refractivity contribution in [2.75, 3.05) is 13.2 Å². The molecule has 5 atom stereocenters. The molecule has 5 nitrogen and oxygen atoms in total. The van der Waals surface area contributed by atoms with Gasteiger partial charge in [-0.25, -0.2) is 4.39 Å². The zero-order chi connectivity index (χ0) is 18.6. The lowest BCUT2D eigenvalue weighted by Gasteiger charge is -2.44. The van der Waals surface area contributed by atoms with Crippen LogP contribution >= 0.6 is 0 Å². The lowest BCUT2D eigenvalue weighted by Crippen LogP contribution is -2.58. The maximum absolute atomic E-state index is 13.4. The molecule has 0 radical (unpaired) electrons. The Morgan fingerprint density at radius 1 is 0.960 bits per heavy atom. The molecular formula is C19H26FNO4. The molecular weight excluding hydrogens is 325 g/mol. The molecule has 0 bridgehead atoms. The summed E-state index contributed by atoms with van der Waals surface area (Å²) in [6.45, 7) is 7.82. The summed E-state index contributed by atoms with van der Waals surface area (Å²) in [4.78, 5) is 25.2. The molecule has 25 heavy (non-hydrogen) atoms. The number of carbonyl (C=O) groups is 2. The Hall–Kier alpha value is -1.95. The third-order valence-electron chi connectivity index (χ3n) is 4.75. The number of nitrogens with one attached hydrogen (secondary N) is 1. The van der Waals surface area contributed by atoms with Crippen LogP contribution in [0.3, 0.4) is 0 Å². The summed E-state index contributed by atoms with van der Waals surface area (Å²) in [5, 5.41) is 3.29. The maximum atomic E-state index is 13.4. The fourth-order valence-electron chi connectivity index (χ4n) is 3.75. The Morgan fingerprint density at radius 3 is 1.80 bits per heavy atom. The van der Waals surface area contributed by atoms with E-state index in [2.05, 4.69) is 5.32 Å². The highest BCUT2D eigenvalue weighted by atomic mass is 19.1. The number of ether oxygens (including phenoxy) is 2. The molecule has 0 saturated carbocycles. The van der Waals surface area contributed by atoms with E-state index in [0.717, 1.165) is 5.56 Å². The number of rotatable bonds is 5. The zero-order valence-corrected chi connectivity index (χ0v) is 15.1. The fourth-order valence-corrected chi connectivity index (χ4v) is 3.75. The summed E-state index contributed by atoms with van der Waals surface area (Å²) in [5.74, 6) is -2.65. The number of piperidine rings is 1. The Morgan fingerprint density at radius 2 is 1.40 bits per heavy atom. The van der Waals surface area contributed by atoms with Crippen LogP contribution in [0, 0.1) is 17.7 Å². The Kier molecular flexibility index (Phi) is 6.53. The molecule has 1 aromatic rings. The second-order valence-electron chi connectivity index (χ2n) is 6.38. The van der Waals surface area contributed by atoms with E-state index in [4.69, 9.17) is 9.47 Å². The monoisotopic (exact) mass is 351 g/mol. The first-order valence-corrected chi connectivity index (χ1v) is 8.75. The molecule has 2 rings (SSSR count). The van der Waals surface area contributed by atoms with Crippen LogP contribution in [0.4, 0.5) is 4.39 Å². The summed E-state index contributed by atoms with van der Waals surface area (Å²) in [5.41, 5.74) is 0.734. The van der Waals surface area contributed by atoms with Gasteiger partial charge in [0.2, 0.25) is 0 Å². The van der Waals surface area contributed by atoms with E-state index in [1.54, 1.807) is 26.0 Å². The van der Waals surface area contributed by atoms with Crippen molar-refractivity contribution < 1.29 is 23.5 Å². The lowest BCUT2D eigenvalue weighted by molar-refractivity contribution is -0.158. The van der Waals surface area contributed by atoms with Gasteiger partial charge in [-0.3, -0.25) is 9.59 Å². The normalized spacial score (nSPS) is 29.1. The first-order chi connectivity index (χ1) is 11.9. The average molecular weight is 351 g/mol. The fraction of sp³-hybridized carbons (Fsp3) is 0.579. The van der Waals surface area contributed by atoms with Crippen LogP contribution in [-0.4, -0.2) is 37.2 Å². The van der Waals surface area contributed by atoms with Crippen LogP contribution in [-0.2, 0) is 19.1 Å². The molecule has 138 valence electrons. The summed E-state index contributed by atoms with van der Waals surface area (Å²) in [6, 6.07) is 5.57. The van der Waals surface area contributed by atoms with E-state index in [1.807, 2.05) is 13.8 Å². The van der Waals surface area contributed by atoms with Gasteiger partial charge in [0.25, 0.3) is 0 Å². The van der Waals surface area contributed by atoms with Crippen LogP contribution in [0.25, 0.3) is 0 Å². The topological polar surface area (TPSA) is 64.6 Å². The van der Waals surface area contributed by atoms with E-state index in [-0.39, 0.29) is 43.1 Å². The third kappa shape index (κ3) is 4.18. The zero-order valence-electron chi connectivity index (χ0n) is 15.1. The number of benzene rings is 1. The molecule has 1 aromatic carbocycles. The smallest absolute Gasteiger partial charge is 0.311 e. The minimum absolute atomic E-state index is 0.185. The van der Waals surface area contributed by atoms with Crippen molar-refractivity contribution in [2.24, 2.45) is 11.8 Å². The SMILES string of the molecule is CCOC(=O)[C@@H]1C(c2ccc(F)cc2)[C@H](C(=O)OCC)[C@@H](C)N[C@@H]1C. The van der Waals surface area contributed by atoms with Crippen LogP contribution < -0.4 is 5.32 Å².